The van der Waals surface area contributed by atoms with Crippen LogP contribution < -0.4 is 0 Å². The van der Waals surface area contributed by atoms with Crippen LogP contribution in [0.25, 0.3) is 0 Å². The lowest BCUT2D eigenvalue weighted by molar-refractivity contribution is 0.722. The Morgan fingerprint density at radius 2 is 1.58 bits per heavy atom. The predicted octanol–water partition coefficient (Wildman–Crippen LogP) is 5.21. The molecule has 0 aliphatic heterocycles. The molecule has 2 aromatic rings. The van der Waals surface area contributed by atoms with Gasteiger partial charge in [0.05, 0.1) is 5.38 Å². The number of hydrogen-bond acceptors (Lipinski definition) is 0. The maximum atomic E-state index is 6.51. The van der Waals surface area contributed by atoms with Crippen molar-refractivity contribution in [3.63, 3.8) is 0 Å². The van der Waals surface area contributed by atoms with Gasteiger partial charge in [-0.3, -0.25) is 0 Å². The lowest BCUT2D eigenvalue weighted by Crippen LogP contribution is -1.95. The summed E-state index contributed by atoms with van der Waals surface area (Å²) in [5.74, 6) is 1.48. The second-order valence-electron chi connectivity index (χ2n) is 5.68. The third-order valence-electron chi connectivity index (χ3n) is 4.10. The van der Waals surface area contributed by atoms with E-state index < -0.39 is 0 Å². The third kappa shape index (κ3) is 3.01. The summed E-state index contributed by atoms with van der Waals surface area (Å²) in [4.78, 5) is 0. The SMILES string of the molecule is CC1CC1C(Cl)c1ccc(Cc2ccccc2)cc1. The van der Waals surface area contributed by atoms with Crippen molar-refractivity contribution >= 4 is 11.6 Å². The predicted molar refractivity (Wildman–Crippen MR) is 81.6 cm³/mol. The van der Waals surface area contributed by atoms with Crippen LogP contribution in [0.4, 0.5) is 0 Å². The molecule has 3 atom stereocenters. The summed E-state index contributed by atoms with van der Waals surface area (Å²) in [5, 5.41) is 0.195. The van der Waals surface area contributed by atoms with E-state index in [1.165, 1.54) is 23.1 Å². The average molecular weight is 271 g/mol. The molecular formula is C18H19Cl. The van der Waals surface area contributed by atoms with Gasteiger partial charge in [-0.1, -0.05) is 61.5 Å². The van der Waals surface area contributed by atoms with Crippen molar-refractivity contribution in [2.75, 3.05) is 0 Å². The second kappa shape index (κ2) is 5.38. The Morgan fingerprint density at radius 3 is 2.16 bits per heavy atom. The zero-order valence-electron chi connectivity index (χ0n) is 11.2. The molecule has 0 N–H and O–H groups in total. The fourth-order valence-electron chi connectivity index (χ4n) is 2.66. The Labute approximate surface area is 120 Å². The summed E-state index contributed by atoms with van der Waals surface area (Å²) in [6, 6.07) is 19.4. The molecule has 1 fully saturated rings. The fraction of sp³-hybridized carbons (Fsp3) is 0.333. The van der Waals surface area contributed by atoms with Crippen molar-refractivity contribution in [1.82, 2.24) is 0 Å². The van der Waals surface area contributed by atoms with Gasteiger partial charge in [0.1, 0.15) is 0 Å². The molecular weight excluding hydrogens is 252 g/mol. The molecule has 1 aliphatic rings. The van der Waals surface area contributed by atoms with E-state index >= 15 is 0 Å². The maximum absolute atomic E-state index is 6.51. The normalized spacial score (nSPS) is 23.1. The van der Waals surface area contributed by atoms with Gasteiger partial charge in [-0.2, -0.15) is 0 Å². The van der Waals surface area contributed by atoms with Crippen LogP contribution in [-0.4, -0.2) is 0 Å². The average Bonchev–Trinajstić information content (AvgIpc) is 3.17. The molecule has 3 rings (SSSR count). The van der Waals surface area contributed by atoms with Gasteiger partial charge < -0.3 is 0 Å². The standard InChI is InChI=1S/C18H19Cl/c1-13-11-17(13)18(19)16-9-7-15(8-10-16)12-14-5-3-2-4-6-14/h2-10,13,17-18H,11-12H2,1H3. The Kier molecular flexibility index (Phi) is 3.61. The van der Waals surface area contributed by atoms with Crippen LogP contribution in [0.2, 0.25) is 0 Å². The van der Waals surface area contributed by atoms with Crippen LogP contribution in [0.3, 0.4) is 0 Å². The van der Waals surface area contributed by atoms with E-state index in [0.717, 1.165) is 12.3 Å². The minimum Gasteiger partial charge on any atom is -0.118 e. The Balaban J connectivity index is 1.69. The first-order chi connectivity index (χ1) is 9.24. The van der Waals surface area contributed by atoms with Crippen molar-refractivity contribution < 1.29 is 0 Å². The van der Waals surface area contributed by atoms with Gasteiger partial charge in [0, 0.05) is 0 Å². The molecule has 1 heteroatoms. The summed E-state index contributed by atoms with van der Waals surface area (Å²) in [6.07, 6.45) is 2.27. The molecule has 0 amide bonds. The molecule has 0 nitrogen and oxygen atoms in total. The molecule has 0 bridgehead atoms. The summed E-state index contributed by atoms with van der Waals surface area (Å²) < 4.78 is 0. The van der Waals surface area contributed by atoms with Crippen LogP contribution >= 0.6 is 11.6 Å². The van der Waals surface area contributed by atoms with E-state index in [0.29, 0.717) is 5.92 Å². The Morgan fingerprint density at radius 1 is 1.00 bits per heavy atom. The zero-order valence-corrected chi connectivity index (χ0v) is 12.0. The molecule has 2 aromatic carbocycles. The summed E-state index contributed by atoms with van der Waals surface area (Å²) >= 11 is 6.51. The molecule has 0 saturated heterocycles. The van der Waals surface area contributed by atoms with E-state index in [4.69, 9.17) is 11.6 Å². The first-order valence-electron chi connectivity index (χ1n) is 7.01. The van der Waals surface area contributed by atoms with Crippen molar-refractivity contribution in [2.24, 2.45) is 11.8 Å². The summed E-state index contributed by atoms with van der Waals surface area (Å²) in [6.45, 7) is 2.28. The quantitative estimate of drug-likeness (QED) is 0.669. The van der Waals surface area contributed by atoms with Gasteiger partial charge in [-0.15, -0.1) is 11.6 Å². The van der Waals surface area contributed by atoms with Gasteiger partial charge in [-0.25, -0.2) is 0 Å². The minimum atomic E-state index is 0.195. The number of halogens is 1. The van der Waals surface area contributed by atoms with E-state index in [2.05, 4.69) is 61.5 Å². The number of benzene rings is 2. The van der Waals surface area contributed by atoms with Crippen molar-refractivity contribution in [3.05, 3.63) is 71.3 Å². The number of alkyl halides is 1. The molecule has 0 radical (unpaired) electrons. The first-order valence-corrected chi connectivity index (χ1v) is 7.44. The number of hydrogen-bond donors (Lipinski definition) is 0. The second-order valence-corrected chi connectivity index (χ2v) is 6.15. The molecule has 3 unspecified atom stereocenters. The highest BCUT2D eigenvalue weighted by atomic mass is 35.5. The van der Waals surface area contributed by atoms with Crippen LogP contribution in [0.5, 0.6) is 0 Å². The van der Waals surface area contributed by atoms with Crippen molar-refractivity contribution in [2.45, 2.75) is 25.1 Å². The topological polar surface area (TPSA) is 0 Å². The first kappa shape index (κ1) is 12.7. The monoisotopic (exact) mass is 270 g/mol. The minimum absolute atomic E-state index is 0.195. The zero-order chi connectivity index (χ0) is 13.2. The third-order valence-corrected chi connectivity index (χ3v) is 4.67. The van der Waals surface area contributed by atoms with Crippen molar-refractivity contribution in [3.8, 4) is 0 Å². The highest BCUT2D eigenvalue weighted by Gasteiger charge is 2.39. The highest BCUT2D eigenvalue weighted by molar-refractivity contribution is 6.21. The lowest BCUT2D eigenvalue weighted by Gasteiger charge is -2.10. The van der Waals surface area contributed by atoms with Gasteiger partial charge in [0.2, 0.25) is 0 Å². The van der Waals surface area contributed by atoms with Gasteiger partial charge in [-0.05, 0) is 41.4 Å². The van der Waals surface area contributed by atoms with Crippen LogP contribution in [0.1, 0.15) is 35.4 Å². The van der Waals surface area contributed by atoms with Crippen LogP contribution in [-0.2, 0) is 6.42 Å². The smallest absolute Gasteiger partial charge is 0.0616 e. The van der Waals surface area contributed by atoms with E-state index in [1.54, 1.807) is 0 Å². The van der Waals surface area contributed by atoms with Crippen LogP contribution in [0.15, 0.2) is 54.6 Å². The van der Waals surface area contributed by atoms with E-state index in [9.17, 15) is 0 Å². The molecule has 98 valence electrons. The molecule has 19 heavy (non-hydrogen) atoms. The number of rotatable bonds is 4. The van der Waals surface area contributed by atoms with Gasteiger partial charge in [0.25, 0.3) is 0 Å². The van der Waals surface area contributed by atoms with E-state index in [1.807, 2.05) is 0 Å². The fourth-order valence-corrected chi connectivity index (χ4v) is 3.15. The van der Waals surface area contributed by atoms with Crippen LogP contribution in [0, 0.1) is 11.8 Å². The maximum Gasteiger partial charge on any atom is 0.0616 e. The molecule has 0 heterocycles. The Bertz CT molecular complexity index is 529. The summed E-state index contributed by atoms with van der Waals surface area (Å²) in [7, 11) is 0. The van der Waals surface area contributed by atoms with E-state index in [-0.39, 0.29) is 5.38 Å². The lowest BCUT2D eigenvalue weighted by atomic mass is 10.0. The molecule has 1 aliphatic carbocycles. The summed E-state index contributed by atoms with van der Waals surface area (Å²) in [5.41, 5.74) is 3.98. The van der Waals surface area contributed by atoms with Gasteiger partial charge in [0.15, 0.2) is 0 Å². The highest BCUT2D eigenvalue weighted by Crippen LogP contribution is 2.50. The van der Waals surface area contributed by atoms with Gasteiger partial charge >= 0.3 is 0 Å². The Hall–Kier alpha value is -1.27. The molecule has 0 spiro atoms. The van der Waals surface area contributed by atoms with Crippen molar-refractivity contribution in [1.29, 1.82) is 0 Å². The largest absolute Gasteiger partial charge is 0.118 e. The molecule has 0 aromatic heterocycles. The molecule has 1 saturated carbocycles.